The summed E-state index contributed by atoms with van der Waals surface area (Å²) in [5, 5.41) is 6.47. The lowest BCUT2D eigenvalue weighted by Crippen LogP contribution is -2.20. The van der Waals surface area contributed by atoms with Gasteiger partial charge in [-0.2, -0.15) is 0 Å². The molecule has 2 aromatic rings. The van der Waals surface area contributed by atoms with E-state index < -0.39 is 5.25 Å². The SMILES string of the molecule is CCCn1c(S[C@@H](C)C(=O)c2[nH]c(C)c(C(C)=O)c2C)n[nH]c1=O. The third-order valence-corrected chi connectivity index (χ3v) is 4.95. The highest BCUT2D eigenvalue weighted by Crippen LogP contribution is 2.26. The predicted octanol–water partition coefficient (Wildman–Crippen LogP) is 2.49. The zero-order valence-electron chi connectivity index (χ0n) is 14.5. The number of aryl methyl sites for hydroxylation is 1. The van der Waals surface area contributed by atoms with Crippen LogP contribution in [0.4, 0.5) is 0 Å². The van der Waals surface area contributed by atoms with Crippen molar-refractivity contribution in [1.29, 1.82) is 0 Å². The second kappa shape index (κ2) is 7.21. The average molecular weight is 350 g/mol. The number of hydrogen-bond acceptors (Lipinski definition) is 5. The summed E-state index contributed by atoms with van der Waals surface area (Å²) in [4.78, 5) is 39.2. The van der Waals surface area contributed by atoms with Gasteiger partial charge in [0.2, 0.25) is 0 Å². The van der Waals surface area contributed by atoms with Crippen molar-refractivity contribution in [3.05, 3.63) is 33.0 Å². The molecule has 0 saturated heterocycles. The van der Waals surface area contributed by atoms with Gasteiger partial charge < -0.3 is 4.98 Å². The lowest BCUT2D eigenvalue weighted by Gasteiger charge is -2.10. The molecular weight excluding hydrogens is 328 g/mol. The molecule has 0 bridgehead atoms. The minimum Gasteiger partial charge on any atom is -0.355 e. The normalized spacial score (nSPS) is 12.4. The van der Waals surface area contributed by atoms with Gasteiger partial charge in [0.25, 0.3) is 0 Å². The number of rotatable bonds is 7. The summed E-state index contributed by atoms with van der Waals surface area (Å²) in [5.41, 5.74) is 2.11. The fourth-order valence-electron chi connectivity index (χ4n) is 2.75. The van der Waals surface area contributed by atoms with Crippen molar-refractivity contribution in [2.75, 3.05) is 0 Å². The van der Waals surface area contributed by atoms with Crippen LogP contribution >= 0.6 is 11.8 Å². The molecule has 24 heavy (non-hydrogen) atoms. The lowest BCUT2D eigenvalue weighted by atomic mass is 10.0. The summed E-state index contributed by atoms with van der Waals surface area (Å²) in [6.07, 6.45) is 0.798. The van der Waals surface area contributed by atoms with E-state index in [-0.39, 0.29) is 17.3 Å². The third kappa shape index (κ3) is 3.38. The first-order valence-electron chi connectivity index (χ1n) is 7.84. The van der Waals surface area contributed by atoms with Crippen LogP contribution in [0.15, 0.2) is 9.95 Å². The maximum absolute atomic E-state index is 12.7. The largest absolute Gasteiger partial charge is 0.355 e. The minimum absolute atomic E-state index is 0.0651. The number of nitrogens with zero attached hydrogens (tertiary/aromatic N) is 2. The highest BCUT2D eigenvalue weighted by Gasteiger charge is 2.25. The predicted molar refractivity (Wildman–Crippen MR) is 93.1 cm³/mol. The van der Waals surface area contributed by atoms with E-state index in [9.17, 15) is 14.4 Å². The van der Waals surface area contributed by atoms with Crippen LogP contribution < -0.4 is 5.69 Å². The molecule has 0 amide bonds. The first-order valence-corrected chi connectivity index (χ1v) is 8.72. The molecule has 0 saturated carbocycles. The Labute approximate surface area is 144 Å². The molecule has 0 radical (unpaired) electrons. The first kappa shape index (κ1) is 18.3. The number of carbonyl (C=O) groups excluding carboxylic acids is 2. The molecule has 2 rings (SSSR count). The third-order valence-electron chi connectivity index (χ3n) is 3.86. The van der Waals surface area contributed by atoms with Gasteiger partial charge >= 0.3 is 5.69 Å². The standard InChI is InChI=1S/C16H22N4O3S/c1-6-7-20-15(23)18-19-16(20)24-11(5)14(22)13-8(2)12(10(4)21)9(3)17-13/h11,17H,6-7H2,1-5H3,(H,18,23)/t11-/m0/s1. The Balaban J connectivity index is 2.27. The summed E-state index contributed by atoms with van der Waals surface area (Å²) in [7, 11) is 0. The highest BCUT2D eigenvalue weighted by atomic mass is 32.2. The average Bonchev–Trinajstić information content (AvgIpc) is 3.00. The molecule has 2 aromatic heterocycles. The van der Waals surface area contributed by atoms with Crippen molar-refractivity contribution < 1.29 is 9.59 Å². The Hall–Kier alpha value is -2.09. The summed E-state index contributed by atoms with van der Waals surface area (Å²) in [5.74, 6) is -0.184. The number of aromatic nitrogens is 4. The van der Waals surface area contributed by atoms with Crippen LogP contribution in [0.5, 0.6) is 0 Å². The maximum Gasteiger partial charge on any atom is 0.343 e. The van der Waals surface area contributed by atoms with Crippen molar-refractivity contribution in [3.8, 4) is 0 Å². The van der Waals surface area contributed by atoms with Crippen LogP contribution in [0.2, 0.25) is 0 Å². The number of aromatic amines is 2. The fourth-order valence-corrected chi connectivity index (χ4v) is 3.69. The summed E-state index contributed by atoms with van der Waals surface area (Å²) in [6, 6.07) is 0. The van der Waals surface area contributed by atoms with Crippen LogP contribution in [0.3, 0.4) is 0 Å². The van der Waals surface area contributed by atoms with Gasteiger partial charge in [-0.1, -0.05) is 18.7 Å². The molecule has 0 spiro atoms. The molecule has 1 atom stereocenters. The molecule has 0 aliphatic carbocycles. The van der Waals surface area contributed by atoms with Gasteiger partial charge in [0.05, 0.1) is 10.9 Å². The molecule has 8 heteroatoms. The Bertz CT molecular complexity index is 831. The number of Topliss-reactive ketones (excluding diaryl/α,β-unsaturated/α-hetero) is 2. The van der Waals surface area contributed by atoms with Crippen molar-refractivity contribution in [3.63, 3.8) is 0 Å². The van der Waals surface area contributed by atoms with Crippen molar-refractivity contribution in [2.24, 2.45) is 0 Å². The summed E-state index contributed by atoms with van der Waals surface area (Å²) in [6.45, 7) is 9.33. The molecule has 0 aliphatic heterocycles. The monoisotopic (exact) mass is 350 g/mol. The Morgan fingerprint density at radius 3 is 2.54 bits per heavy atom. The van der Waals surface area contributed by atoms with E-state index in [2.05, 4.69) is 15.2 Å². The van der Waals surface area contributed by atoms with Crippen LogP contribution in [0.1, 0.15) is 59.3 Å². The first-order chi connectivity index (χ1) is 11.3. The molecule has 0 fully saturated rings. The van der Waals surface area contributed by atoms with Gasteiger partial charge in [-0.25, -0.2) is 9.89 Å². The molecule has 0 unspecified atom stereocenters. The minimum atomic E-state index is -0.438. The molecule has 0 aromatic carbocycles. The van der Waals surface area contributed by atoms with Gasteiger partial charge in [0.1, 0.15) is 0 Å². The van der Waals surface area contributed by atoms with Gasteiger partial charge in [0.15, 0.2) is 16.7 Å². The topological polar surface area (TPSA) is 101 Å². The van der Waals surface area contributed by atoms with Gasteiger partial charge in [-0.15, -0.1) is 5.10 Å². The lowest BCUT2D eigenvalue weighted by molar-refractivity contribution is 0.0988. The Kier molecular flexibility index (Phi) is 5.48. The molecular formula is C16H22N4O3S. The zero-order valence-corrected chi connectivity index (χ0v) is 15.3. The molecule has 130 valence electrons. The van der Waals surface area contributed by atoms with E-state index >= 15 is 0 Å². The second-order valence-electron chi connectivity index (χ2n) is 5.77. The van der Waals surface area contributed by atoms with Crippen molar-refractivity contribution >= 4 is 23.3 Å². The van der Waals surface area contributed by atoms with E-state index in [0.29, 0.717) is 34.2 Å². The molecule has 0 aliphatic rings. The molecule has 7 nitrogen and oxygen atoms in total. The van der Waals surface area contributed by atoms with Crippen molar-refractivity contribution in [1.82, 2.24) is 19.7 Å². The fraction of sp³-hybridized carbons (Fsp3) is 0.500. The van der Waals surface area contributed by atoms with Crippen LogP contribution in [0.25, 0.3) is 0 Å². The highest BCUT2D eigenvalue weighted by molar-refractivity contribution is 8.00. The van der Waals surface area contributed by atoms with E-state index in [1.165, 1.54) is 23.3 Å². The molecule has 2 heterocycles. The Morgan fingerprint density at radius 2 is 2.00 bits per heavy atom. The van der Waals surface area contributed by atoms with Gasteiger partial charge in [-0.3, -0.25) is 14.2 Å². The quantitative estimate of drug-likeness (QED) is 0.590. The molecule has 2 N–H and O–H groups in total. The van der Waals surface area contributed by atoms with E-state index in [0.717, 1.165) is 6.42 Å². The maximum atomic E-state index is 12.7. The van der Waals surface area contributed by atoms with E-state index in [4.69, 9.17) is 0 Å². The number of carbonyl (C=O) groups is 2. The summed E-state index contributed by atoms with van der Waals surface area (Å²) >= 11 is 1.23. The van der Waals surface area contributed by atoms with Crippen LogP contribution in [-0.2, 0) is 6.54 Å². The summed E-state index contributed by atoms with van der Waals surface area (Å²) < 4.78 is 1.53. The number of ketones is 2. The van der Waals surface area contributed by atoms with Gasteiger partial charge in [-0.05, 0) is 39.7 Å². The second-order valence-corrected chi connectivity index (χ2v) is 7.08. The van der Waals surface area contributed by atoms with E-state index in [1.54, 1.807) is 20.8 Å². The number of nitrogens with one attached hydrogen (secondary N) is 2. The smallest absolute Gasteiger partial charge is 0.343 e. The zero-order chi connectivity index (χ0) is 18.0. The Morgan fingerprint density at radius 1 is 1.33 bits per heavy atom. The number of thioether (sulfide) groups is 1. The number of H-pyrrole nitrogens is 2. The van der Waals surface area contributed by atoms with E-state index in [1.807, 2.05) is 6.92 Å². The van der Waals surface area contributed by atoms with Gasteiger partial charge in [0, 0.05) is 17.8 Å². The van der Waals surface area contributed by atoms with Crippen molar-refractivity contribution in [2.45, 2.75) is 58.0 Å². The number of hydrogen-bond donors (Lipinski definition) is 2. The van der Waals surface area contributed by atoms with Crippen LogP contribution in [-0.4, -0.2) is 36.6 Å². The van der Waals surface area contributed by atoms with Crippen LogP contribution in [0, 0.1) is 13.8 Å².